The maximum absolute atomic E-state index is 4.56. The normalized spacial score (nSPS) is 10.6. The molecule has 2 aromatic heterocycles. The minimum absolute atomic E-state index is 0.633. The van der Waals surface area contributed by atoms with E-state index in [1.54, 1.807) is 0 Å². The van der Waals surface area contributed by atoms with Gasteiger partial charge >= 0.3 is 0 Å². The molecule has 2 rings (SSSR count). The molecule has 2 aromatic rings. The van der Waals surface area contributed by atoms with Crippen LogP contribution >= 0.6 is 0 Å². The quantitative estimate of drug-likeness (QED) is 0.812. The number of rotatable bonds is 7. The van der Waals surface area contributed by atoms with Crippen molar-refractivity contribution < 1.29 is 0 Å². The van der Waals surface area contributed by atoms with Crippen LogP contribution in [0.3, 0.4) is 0 Å². The molecule has 0 atom stereocenters. The third-order valence-electron chi connectivity index (χ3n) is 3.04. The lowest BCUT2D eigenvalue weighted by atomic mass is 10.4. The number of hydrogen-bond acceptors (Lipinski definition) is 5. The number of aromatic amines is 1. The zero-order chi connectivity index (χ0) is 14.4. The molecule has 0 fully saturated rings. The van der Waals surface area contributed by atoms with Gasteiger partial charge in [0, 0.05) is 25.8 Å². The molecule has 0 aliphatic carbocycles. The molecule has 2 N–H and O–H groups in total. The molecule has 0 saturated carbocycles. The highest BCUT2D eigenvalue weighted by molar-refractivity contribution is 5.54. The molecule has 0 saturated heterocycles. The Morgan fingerprint density at radius 1 is 1.15 bits per heavy atom. The lowest BCUT2D eigenvalue weighted by molar-refractivity contribution is 0.811. The molecule has 0 amide bonds. The molecule has 20 heavy (non-hydrogen) atoms. The second-order valence-electron chi connectivity index (χ2n) is 4.47. The number of H-pyrrole nitrogens is 1. The van der Waals surface area contributed by atoms with E-state index in [2.05, 4.69) is 50.9 Å². The average molecular weight is 274 g/mol. The minimum atomic E-state index is 0.633. The van der Waals surface area contributed by atoms with Gasteiger partial charge in [-0.25, -0.2) is 0 Å². The van der Waals surface area contributed by atoms with E-state index in [9.17, 15) is 0 Å². The Hall–Kier alpha value is -2.11. The lowest BCUT2D eigenvalue weighted by Crippen LogP contribution is -2.25. The number of anilines is 2. The highest BCUT2D eigenvalue weighted by Gasteiger charge is 2.12. The molecular weight excluding hydrogens is 252 g/mol. The zero-order valence-corrected chi connectivity index (χ0v) is 12.3. The fourth-order valence-electron chi connectivity index (χ4n) is 1.92. The predicted molar refractivity (Wildman–Crippen MR) is 82.0 cm³/mol. The summed E-state index contributed by atoms with van der Waals surface area (Å²) >= 11 is 0. The Bertz CT molecular complexity index is 518. The van der Waals surface area contributed by atoms with Crippen LogP contribution in [0.2, 0.25) is 0 Å². The Balaban J connectivity index is 2.38. The summed E-state index contributed by atoms with van der Waals surface area (Å²) in [5.74, 6) is 2.02. The molecular formula is C14H22N6. The summed E-state index contributed by atoms with van der Waals surface area (Å²) in [6, 6.07) is 3.90. The minimum Gasteiger partial charge on any atom is -0.359 e. The molecule has 108 valence electrons. The van der Waals surface area contributed by atoms with Crippen molar-refractivity contribution >= 4 is 11.9 Å². The van der Waals surface area contributed by atoms with Gasteiger partial charge in [0.15, 0.2) is 5.82 Å². The molecule has 2 heterocycles. The number of nitrogens with one attached hydrogen (secondary N) is 2. The van der Waals surface area contributed by atoms with Gasteiger partial charge in [0.05, 0.1) is 5.69 Å². The SMILES string of the molecule is CCCNc1nc(-c2ccc[nH]2)nc(N(CC)CC)n1. The van der Waals surface area contributed by atoms with E-state index >= 15 is 0 Å². The molecule has 0 aliphatic heterocycles. The van der Waals surface area contributed by atoms with Crippen LogP contribution in [-0.4, -0.2) is 39.6 Å². The molecule has 0 bridgehead atoms. The highest BCUT2D eigenvalue weighted by Crippen LogP contribution is 2.18. The van der Waals surface area contributed by atoms with Crippen molar-refractivity contribution in [3.8, 4) is 11.5 Å². The summed E-state index contributed by atoms with van der Waals surface area (Å²) in [5, 5.41) is 3.24. The molecule has 0 aromatic carbocycles. The smallest absolute Gasteiger partial charge is 0.230 e. The van der Waals surface area contributed by atoms with Crippen molar-refractivity contribution in [2.24, 2.45) is 0 Å². The molecule has 0 spiro atoms. The number of nitrogens with zero attached hydrogens (tertiary/aromatic N) is 4. The van der Waals surface area contributed by atoms with Crippen LogP contribution in [0.15, 0.2) is 18.3 Å². The van der Waals surface area contributed by atoms with Gasteiger partial charge in [0.1, 0.15) is 0 Å². The second-order valence-corrected chi connectivity index (χ2v) is 4.47. The van der Waals surface area contributed by atoms with Crippen molar-refractivity contribution in [1.82, 2.24) is 19.9 Å². The third-order valence-corrected chi connectivity index (χ3v) is 3.04. The maximum Gasteiger partial charge on any atom is 0.230 e. The van der Waals surface area contributed by atoms with Gasteiger partial charge in [-0.3, -0.25) is 0 Å². The first-order valence-electron chi connectivity index (χ1n) is 7.17. The third kappa shape index (κ3) is 3.26. The first-order valence-corrected chi connectivity index (χ1v) is 7.17. The Morgan fingerprint density at radius 2 is 1.95 bits per heavy atom. The summed E-state index contributed by atoms with van der Waals surface area (Å²) in [6.07, 6.45) is 2.90. The van der Waals surface area contributed by atoms with Crippen LogP contribution in [-0.2, 0) is 0 Å². The van der Waals surface area contributed by atoms with Gasteiger partial charge in [-0.15, -0.1) is 0 Å². The van der Waals surface area contributed by atoms with Crippen LogP contribution in [0.4, 0.5) is 11.9 Å². The number of hydrogen-bond donors (Lipinski definition) is 2. The van der Waals surface area contributed by atoms with Crippen molar-refractivity contribution in [2.75, 3.05) is 29.9 Å². The zero-order valence-electron chi connectivity index (χ0n) is 12.3. The van der Waals surface area contributed by atoms with E-state index in [4.69, 9.17) is 0 Å². The van der Waals surface area contributed by atoms with E-state index in [1.165, 1.54) is 0 Å². The van der Waals surface area contributed by atoms with Gasteiger partial charge in [-0.05, 0) is 32.4 Å². The van der Waals surface area contributed by atoms with Gasteiger partial charge in [0.2, 0.25) is 11.9 Å². The standard InChI is InChI=1S/C14H22N6/c1-4-9-16-13-17-12(11-8-7-10-15-11)18-14(19-13)20(5-2)6-3/h7-8,10,15H,4-6,9H2,1-3H3,(H,16,17,18,19). The lowest BCUT2D eigenvalue weighted by Gasteiger charge is -2.19. The van der Waals surface area contributed by atoms with Crippen molar-refractivity contribution in [3.63, 3.8) is 0 Å². The topological polar surface area (TPSA) is 69.7 Å². The maximum atomic E-state index is 4.56. The second kappa shape index (κ2) is 6.88. The summed E-state index contributed by atoms with van der Waals surface area (Å²) in [6.45, 7) is 8.91. The summed E-state index contributed by atoms with van der Waals surface area (Å²) in [4.78, 5) is 18.8. The molecule has 6 heteroatoms. The molecule has 0 unspecified atom stereocenters. The van der Waals surface area contributed by atoms with E-state index in [1.807, 2.05) is 18.3 Å². The highest BCUT2D eigenvalue weighted by atomic mass is 15.3. The van der Waals surface area contributed by atoms with Crippen molar-refractivity contribution in [1.29, 1.82) is 0 Å². The van der Waals surface area contributed by atoms with E-state index in [-0.39, 0.29) is 0 Å². The monoisotopic (exact) mass is 274 g/mol. The van der Waals surface area contributed by atoms with Crippen LogP contribution < -0.4 is 10.2 Å². The average Bonchev–Trinajstić information content (AvgIpc) is 3.00. The largest absolute Gasteiger partial charge is 0.359 e. The van der Waals surface area contributed by atoms with Crippen LogP contribution in [0.5, 0.6) is 0 Å². The van der Waals surface area contributed by atoms with Crippen LogP contribution in [0.25, 0.3) is 11.5 Å². The Labute approximate surface area is 119 Å². The van der Waals surface area contributed by atoms with Gasteiger partial charge in [-0.1, -0.05) is 6.92 Å². The van der Waals surface area contributed by atoms with Gasteiger partial charge in [0.25, 0.3) is 0 Å². The van der Waals surface area contributed by atoms with Crippen LogP contribution in [0.1, 0.15) is 27.2 Å². The molecule has 0 aliphatic rings. The Kier molecular flexibility index (Phi) is 4.92. The van der Waals surface area contributed by atoms with Crippen LogP contribution in [0, 0.1) is 0 Å². The van der Waals surface area contributed by atoms with Gasteiger partial charge in [-0.2, -0.15) is 15.0 Å². The van der Waals surface area contributed by atoms with Gasteiger partial charge < -0.3 is 15.2 Å². The summed E-state index contributed by atoms with van der Waals surface area (Å²) in [7, 11) is 0. The fourth-order valence-corrected chi connectivity index (χ4v) is 1.92. The fraction of sp³-hybridized carbons (Fsp3) is 0.500. The van der Waals surface area contributed by atoms with Crippen molar-refractivity contribution in [3.05, 3.63) is 18.3 Å². The van der Waals surface area contributed by atoms with E-state index in [0.717, 1.165) is 31.7 Å². The first-order chi connectivity index (χ1) is 9.78. The molecule has 0 radical (unpaired) electrons. The summed E-state index contributed by atoms with van der Waals surface area (Å²) in [5.41, 5.74) is 0.903. The number of aromatic nitrogens is 4. The Morgan fingerprint density at radius 3 is 2.55 bits per heavy atom. The van der Waals surface area contributed by atoms with E-state index < -0.39 is 0 Å². The van der Waals surface area contributed by atoms with E-state index in [0.29, 0.717) is 17.7 Å². The molecule has 6 nitrogen and oxygen atoms in total. The first kappa shape index (κ1) is 14.3. The van der Waals surface area contributed by atoms with Crippen molar-refractivity contribution in [2.45, 2.75) is 27.2 Å². The summed E-state index contributed by atoms with van der Waals surface area (Å²) < 4.78 is 0. The predicted octanol–water partition coefficient (Wildman–Crippen LogP) is 2.53.